The summed E-state index contributed by atoms with van der Waals surface area (Å²) in [6, 6.07) is 12.8. The minimum atomic E-state index is -0.905. The van der Waals surface area contributed by atoms with Crippen molar-refractivity contribution in [3.05, 3.63) is 76.8 Å². The van der Waals surface area contributed by atoms with Crippen molar-refractivity contribution < 1.29 is 18.8 Å². The Kier molecular flexibility index (Phi) is 6.92. The normalized spacial score (nSPS) is 17.0. The highest BCUT2D eigenvalue weighted by Gasteiger charge is 2.33. The fraction of sp³-hybridized carbons (Fsp3) is 0.379. The van der Waals surface area contributed by atoms with Crippen molar-refractivity contribution in [2.45, 2.75) is 39.0 Å². The molecule has 1 saturated carbocycles. The molecule has 6 nitrogen and oxygen atoms in total. The van der Waals surface area contributed by atoms with Gasteiger partial charge in [0.2, 0.25) is 0 Å². The fourth-order valence-electron chi connectivity index (χ4n) is 5.14. The number of allylic oxidation sites excluding steroid dienone is 1. The zero-order chi connectivity index (χ0) is 25.2. The Morgan fingerprint density at radius 3 is 2.56 bits per heavy atom. The van der Waals surface area contributed by atoms with Crippen molar-refractivity contribution in [3.63, 3.8) is 0 Å². The molecular weight excluding hydrogens is 457 g/mol. The molecule has 0 radical (unpaired) electrons. The average Bonchev–Trinajstić information content (AvgIpc) is 3.64. The van der Waals surface area contributed by atoms with Crippen LogP contribution in [0.15, 0.2) is 53.1 Å². The van der Waals surface area contributed by atoms with Gasteiger partial charge in [-0.3, -0.25) is 4.90 Å². The summed E-state index contributed by atoms with van der Waals surface area (Å²) in [7, 11) is 0. The zero-order valence-corrected chi connectivity index (χ0v) is 20.8. The SMILES string of the molecule is C/C=C(/C(=O)O)c1ccc(N2CCN(CCc3c(-c4ccccc4F)noc3C3CC3)CC2)cc1C. The Balaban J connectivity index is 1.24. The minimum Gasteiger partial charge on any atom is -0.478 e. The second kappa shape index (κ2) is 10.3. The first kappa shape index (κ1) is 24.3. The topological polar surface area (TPSA) is 69.8 Å². The molecule has 7 heteroatoms. The van der Waals surface area contributed by atoms with E-state index in [0.717, 1.165) is 80.1 Å². The third-order valence-electron chi connectivity index (χ3n) is 7.33. The van der Waals surface area contributed by atoms with Gasteiger partial charge in [0.25, 0.3) is 0 Å². The molecule has 1 aromatic heterocycles. The largest absolute Gasteiger partial charge is 0.478 e. The molecule has 2 fully saturated rings. The molecule has 1 aliphatic carbocycles. The van der Waals surface area contributed by atoms with Gasteiger partial charge >= 0.3 is 5.97 Å². The maximum Gasteiger partial charge on any atom is 0.335 e. The Bertz CT molecular complexity index is 1290. The minimum absolute atomic E-state index is 0.269. The van der Waals surface area contributed by atoms with E-state index in [1.807, 2.05) is 25.1 Å². The van der Waals surface area contributed by atoms with Gasteiger partial charge in [0.15, 0.2) is 0 Å². The molecule has 188 valence electrons. The number of benzene rings is 2. The van der Waals surface area contributed by atoms with Gasteiger partial charge in [-0.1, -0.05) is 29.4 Å². The Morgan fingerprint density at radius 2 is 1.92 bits per heavy atom. The molecule has 2 heterocycles. The number of carboxylic acid groups (broad SMARTS) is 1. The third-order valence-corrected chi connectivity index (χ3v) is 7.33. The van der Waals surface area contributed by atoms with E-state index >= 15 is 0 Å². The number of anilines is 1. The van der Waals surface area contributed by atoms with Crippen molar-refractivity contribution in [1.29, 1.82) is 0 Å². The van der Waals surface area contributed by atoms with E-state index in [1.165, 1.54) is 6.07 Å². The standard InChI is InChI=1S/C29H32FN3O3/c1-3-22(29(34)35)23-11-10-21(18-19(23)2)33-16-14-32(15-17-33)13-12-25-27(24-6-4-5-7-26(24)30)31-36-28(25)20-8-9-20/h3-7,10-11,18,20H,8-9,12-17H2,1-2H3,(H,34,35)/b22-3+. The summed E-state index contributed by atoms with van der Waals surface area (Å²) >= 11 is 0. The van der Waals surface area contributed by atoms with Gasteiger partial charge in [0.1, 0.15) is 17.3 Å². The van der Waals surface area contributed by atoms with Crippen LogP contribution in [0.2, 0.25) is 0 Å². The fourth-order valence-corrected chi connectivity index (χ4v) is 5.14. The lowest BCUT2D eigenvalue weighted by Crippen LogP contribution is -2.47. The quantitative estimate of drug-likeness (QED) is 0.420. The number of aliphatic carboxylic acids is 1. The molecule has 2 aliphatic rings. The lowest BCUT2D eigenvalue weighted by Gasteiger charge is -2.36. The monoisotopic (exact) mass is 489 g/mol. The second-order valence-electron chi connectivity index (χ2n) is 9.71. The van der Waals surface area contributed by atoms with E-state index < -0.39 is 5.97 Å². The van der Waals surface area contributed by atoms with Crippen molar-refractivity contribution in [3.8, 4) is 11.3 Å². The molecule has 1 N–H and O–H groups in total. The van der Waals surface area contributed by atoms with Gasteiger partial charge in [0, 0.05) is 55.5 Å². The van der Waals surface area contributed by atoms with E-state index in [2.05, 4.69) is 21.0 Å². The van der Waals surface area contributed by atoms with Gasteiger partial charge < -0.3 is 14.5 Å². The number of aromatic nitrogens is 1. The number of nitrogens with zero attached hydrogens (tertiary/aromatic N) is 3. The van der Waals surface area contributed by atoms with E-state index in [0.29, 0.717) is 22.7 Å². The van der Waals surface area contributed by atoms with Gasteiger partial charge in [0.05, 0.1) is 5.57 Å². The van der Waals surface area contributed by atoms with E-state index in [1.54, 1.807) is 25.1 Å². The van der Waals surface area contributed by atoms with Gasteiger partial charge in [-0.25, -0.2) is 9.18 Å². The summed E-state index contributed by atoms with van der Waals surface area (Å²) in [4.78, 5) is 16.3. The molecule has 36 heavy (non-hydrogen) atoms. The lowest BCUT2D eigenvalue weighted by atomic mass is 9.99. The molecule has 1 aliphatic heterocycles. The maximum absolute atomic E-state index is 14.5. The third kappa shape index (κ3) is 4.93. The summed E-state index contributed by atoms with van der Waals surface area (Å²) in [6.45, 7) is 8.23. The molecular formula is C29H32FN3O3. The van der Waals surface area contributed by atoms with Gasteiger partial charge in [-0.15, -0.1) is 0 Å². The van der Waals surface area contributed by atoms with Crippen LogP contribution in [0.1, 0.15) is 48.1 Å². The number of hydrogen-bond donors (Lipinski definition) is 1. The summed E-state index contributed by atoms with van der Waals surface area (Å²) in [6.07, 6.45) is 4.65. The molecule has 0 atom stereocenters. The predicted octanol–water partition coefficient (Wildman–Crippen LogP) is 5.52. The average molecular weight is 490 g/mol. The smallest absolute Gasteiger partial charge is 0.335 e. The van der Waals surface area contributed by atoms with Crippen LogP contribution in [0.25, 0.3) is 16.8 Å². The number of rotatable bonds is 8. The van der Waals surface area contributed by atoms with Crippen LogP contribution in [0.5, 0.6) is 0 Å². The summed E-state index contributed by atoms with van der Waals surface area (Å²) in [5.41, 5.74) is 5.38. The number of halogens is 1. The van der Waals surface area contributed by atoms with Crippen molar-refractivity contribution in [2.75, 3.05) is 37.6 Å². The van der Waals surface area contributed by atoms with Gasteiger partial charge in [-0.2, -0.15) is 0 Å². The van der Waals surface area contributed by atoms with Crippen molar-refractivity contribution in [1.82, 2.24) is 10.1 Å². The molecule has 1 saturated heterocycles. The Labute approximate surface area is 211 Å². The Morgan fingerprint density at radius 1 is 1.17 bits per heavy atom. The molecule has 0 bridgehead atoms. The first-order valence-electron chi connectivity index (χ1n) is 12.7. The van der Waals surface area contributed by atoms with Crippen LogP contribution < -0.4 is 4.90 Å². The molecule has 5 rings (SSSR count). The predicted molar refractivity (Wildman–Crippen MR) is 139 cm³/mol. The van der Waals surface area contributed by atoms with Crippen molar-refractivity contribution >= 4 is 17.2 Å². The summed E-state index contributed by atoms with van der Waals surface area (Å²) in [5.74, 6) is 0.177. The summed E-state index contributed by atoms with van der Waals surface area (Å²) < 4.78 is 20.2. The van der Waals surface area contributed by atoms with E-state index in [-0.39, 0.29) is 5.82 Å². The van der Waals surface area contributed by atoms with E-state index in [9.17, 15) is 14.3 Å². The maximum atomic E-state index is 14.5. The molecule has 3 aromatic rings. The first-order valence-corrected chi connectivity index (χ1v) is 12.7. The number of hydrogen-bond acceptors (Lipinski definition) is 5. The van der Waals surface area contributed by atoms with Crippen LogP contribution >= 0.6 is 0 Å². The number of carboxylic acids is 1. The Hall–Kier alpha value is -3.45. The van der Waals surface area contributed by atoms with Crippen molar-refractivity contribution in [2.24, 2.45) is 0 Å². The van der Waals surface area contributed by atoms with E-state index in [4.69, 9.17) is 4.52 Å². The highest BCUT2D eigenvalue weighted by atomic mass is 19.1. The van der Waals surface area contributed by atoms with Crippen LogP contribution in [0, 0.1) is 12.7 Å². The highest BCUT2D eigenvalue weighted by Crippen LogP contribution is 2.44. The molecule has 2 aromatic carbocycles. The van der Waals surface area contributed by atoms with Gasteiger partial charge in [-0.05, 0) is 68.5 Å². The second-order valence-corrected chi connectivity index (χ2v) is 9.71. The summed E-state index contributed by atoms with van der Waals surface area (Å²) in [5, 5.41) is 13.7. The van der Waals surface area contributed by atoms with Crippen LogP contribution in [0.4, 0.5) is 10.1 Å². The van der Waals surface area contributed by atoms with Crippen LogP contribution in [-0.2, 0) is 11.2 Å². The zero-order valence-electron chi connectivity index (χ0n) is 20.8. The molecule has 0 amide bonds. The van der Waals surface area contributed by atoms with Crippen LogP contribution in [0.3, 0.4) is 0 Å². The molecule has 0 unspecified atom stereocenters. The number of carbonyl (C=O) groups is 1. The lowest BCUT2D eigenvalue weighted by molar-refractivity contribution is -0.130. The van der Waals surface area contributed by atoms with Crippen LogP contribution in [-0.4, -0.2) is 53.9 Å². The highest BCUT2D eigenvalue weighted by molar-refractivity contribution is 6.15. The number of piperazine rings is 1. The first-order chi connectivity index (χ1) is 17.5. The molecule has 0 spiro atoms. The number of aryl methyl sites for hydroxylation is 1.